The van der Waals surface area contributed by atoms with Crippen molar-refractivity contribution < 1.29 is 14.3 Å². The molecule has 0 radical (unpaired) electrons. The van der Waals surface area contributed by atoms with Gasteiger partial charge in [-0.25, -0.2) is 9.48 Å². The topological polar surface area (TPSA) is 77.1 Å². The van der Waals surface area contributed by atoms with Crippen LogP contribution in [0.3, 0.4) is 0 Å². The second kappa shape index (κ2) is 11.2. The van der Waals surface area contributed by atoms with Crippen molar-refractivity contribution in [3.8, 4) is 28.8 Å². The number of carbonyl (C=O) groups excluding carboxylic acids is 1. The molecule has 0 saturated heterocycles. The molecule has 0 bridgehead atoms. The molecule has 0 spiro atoms. The molecular weight excluding hydrogens is 462 g/mol. The molecule has 0 saturated carbocycles. The fourth-order valence-electron chi connectivity index (χ4n) is 3.41. The number of carbonyl (C=O) groups is 1. The number of aromatic nitrogens is 2. The summed E-state index contributed by atoms with van der Waals surface area (Å²) in [4.78, 5) is 12.2. The number of rotatable bonds is 8. The highest BCUT2D eigenvalue weighted by Gasteiger charge is 2.16. The van der Waals surface area contributed by atoms with Crippen LogP contribution in [0.5, 0.6) is 5.75 Å². The van der Waals surface area contributed by atoms with E-state index in [0.717, 1.165) is 16.8 Å². The number of hydrogen-bond donors (Lipinski definition) is 0. The number of benzene rings is 3. The van der Waals surface area contributed by atoms with Crippen LogP contribution in [0.25, 0.3) is 23.0 Å². The molecule has 6 nitrogen and oxygen atoms in total. The Kier molecular flexibility index (Phi) is 7.61. The van der Waals surface area contributed by atoms with E-state index < -0.39 is 5.97 Å². The lowest BCUT2D eigenvalue weighted by atomic mass is 10.1. The summed E-state index contributed by atoms with van der Waals surface area (Å²) >= 11 is 5.96. The van der Waals surface area contributed by atoms with Gasteiger partial charge in [-0.05, 0) is 55.0 Å². The van der Waals surface area contributed by atoms with Gasteiger partial charge in [-0.3, -0.25) is 0 Å². The molecule has 1 heterocycles. The predicted octanol–water partition coefficient (Wildman–Crippen LogP) is 6.24. The van der Waals surface area contributed by atoms with Crippen molar-refractivity contribution >= 4 is 23.6 Å². The lowest BCUT2D eigenvalue weighted by Crippen LogP contribution is -2.06. The van der Waals surface area contributed by atoms with Gasteiger partial charge < -0.3 is 9.47 Å². The summed E-state index contributed by atoms with van der Waals surface area (Å²) in [5, 5.41) is 15.0. The summed E-state index contributed by atoms with van der Waals surface area (Å²) in [5.41, 5.74) is 3.72. The van der Waals surface area contributed by atoms with Gasteiger partial charge in [-0.1, -0.05) is 54.1 Å². The van der Waals surface area contributed by atoms with Gasteiger partial charge in [0.25, 0.3) is 0 Å². The van der Waals surface area contributed by atoms with Crippen molar-refractivity contribution in [3.63, 3.8) is 0 Å². The van der Waals surface area contributed by atoms with Crippen LogP contribution >= 0.6 is 11.6 Å². The molecule has 0 fully saturated rings. The summed E-state index contributed by atoms with van der Waals surface area (Å²) in [6.07, 6.45) is 3.28. The Morgan fingerprint density at radius 2 is 1.86 bits per heavy atom. The Morgan fingerprint density at radius 1 is 1.09 bits per heavy atom. The van der Waals surface area contributed by atoms with Gasteiger partial charge in [0.05, 0.1) is 12.3 Å². The fraction of sp³-hybridized carbons (Fsp3) is 0.107. The van der Waals surface area contributed by atoms with E-state index in [1.165, 1.54) is 6.08 Å². The molecule has 4 aromatic rings. The number of halogens is 1. The Labute approximate surface area is 208 Å². The van der Waals surface area contributed by atoms with Gasteiger partial charge in [0.15, 0.2) is 0 Å². The molecule has 35 heavy (non-hydrogen) atoms. The summed E-state index contributed by atoms with van der Waals surface area (Å²) < 4.78 is 12.7. The van der Waals surface area contributed by atoms with E-state index in [1.807, 2.05) is 84.9 Å². The molecule has 7 heteroatoms. The average molecular weight is 484 g/mol. The van der Waals surface area contributed by atoms with E-state index in [4.69, 9.17) is 26.2 Å². The lowest BCUT2D eigenvalue weighted by Gasteiger charge is -2.08. The highest BCUT2D eigenvalue weighted by atomic mass is 35.5. The Bertz CT molecular complexity index is 1390. The Balaban J connectivity index is 1.70. The number of esters is 1. The van der Waals surface area contributed by atoms with Crippen molar-refractivity contribution in [2.45, 2.75) is 13.5 Å². The van der Waals surface area contributed by atoms with Gasteiger partial charge in [0, 0.05) is 22.3 Å². The predicted molar refractivity (Wildman–Crippen MR) is 135 cm³/mol. The number of para-hydroxylation sites is 1. The summed E-state index contributed by atoms with van der Waals surface area (Å²) in [5.74, 6) is -0.0130. The molecule has 0 aliphatic rings. The third-order valence-corrected chi connectivity index (χ3v) is 5.36. The van der Waals surface area contributed by atoms with E-state index in [1.54, 1.807) is 17.8 Å². The molecule has 174 valence electrons. The first-order valence-corrected chi connectivity index (χ1v) is 11.4. The van der Waals surface area contributed by atoms with Crippen molar-refractivity contribution in [2.75, 3.05) is 6.61 Å². The molecule has 0 N–H and O–H groups in total. The van der Waals surface area contributed by atoms with Crippen molar-refractivity contribution in [1.29, 1.82) is 5.26 Å². The van der Waals surface area contributed by atoms with Crippen LogP contribution in [0.1, 0.15) is 18.1 Å². The SMILES string of the molecule is CCOC(=O)/C(C#N)=C\c1cn(-c2ccccc2)nc1-c1cccc(OCc2ccc(Cl)cc2)c1. The standard InChI is InChI=1S/C28H22ClN3O3/c1-2-34-28(33)22(17-30)15-23-18-32(25-8-4-3-5-9-25)31-27(23)21-7-6-10-26(16-21)35-19-20-11-13-24(29)14-12-20/h3-16,18H,2,19H2,1H3/b22-15-. The van der Waals surface area contributed by atoms with Gasteiger partial charge in [0.2, 0.25) is 0 Å². The van der Waals surface area contributed by atoms with Gasteiger partial charge in [0.1, 0.15) is 29.7 Å². The number of nitrogens with zero attached hydrogens (tertiary/aromatic N) is 3. The third-order valence-electron chi connectivity index (χ3n) is 5.11. The molecule has 1 aromatic heterocycles. The van der Waals surface area contributed by atoms with Crippen LogP contribution in [0.2, 0.25) is 5.02 Å². The molecule has 0 aliphatic heterocycles. The summed E-state index contributed by atoms with van der Waals surface area (Å²) in [6, 6.07) is 26.5. The minimum absolute atomic E-state index is 0.101. The molecule has 4 rings (SSSR count). The maximum atomic E-state index is 12.2. The average Bonchev–Trinajstić information content (AvgIpc) is 3.32. The van der Waals surface area contributed by atoms with Gasteiger partial charge in [-0.15, -0.1) is 0 Å². The number of hydrogen-bond acceptors (Lipinski definition) is 5. The van der Waals surface area contributed by atoms with Crippen molar-refractivity contribution in [3.05, 3.63) is 107 Å². The number of nitriles is 1. The molecule has 0 atom stereocenters. The minimum atomic E-state index is -0.673. The van der Waals surface area contributed by atoms with Crippen LogP contribution in [0.4, 0.5) is 0 Å². The highest BCUT2D eigenvalue weighted by Crippen LogP contribution is 2.29. The number of ether oxygens (including phenoxy) is 2. The summed E-state index contributed by atoms with van der Waals surface area (Å²) in [6.45, 7) is 2.26. The van der Waals surface area contributed by atoms with Crippen LogP contribution in [0, 0.1) is 11.3 Å². The maximum absolute atomic E-state index is 12.2. The second-order valence-corrected chi connectivity index (χ2v) is 7.98. The molecular formula is C28H22ClN3O3. The van der Waals surface area contributed by atoms with Crippen LogP contribution in [-0.4, -0.2) is 22.4 Å². The van der Waals surface area contributed by atoms with E-state index in [9.17, 15) is 10.1 Å². The maximum Gasteiger partial charge on any atom is 0.348 e. The van der Waals surface area contributed by atoms with Crippen LogP contribution in [0.15, 0.2) is 90.6 Å². The first-order chi connectivity index (χ1) is 17.1. The zero-order chi connectivity index (χ0) is 24.6. The Morgan fingerprint density at radius 3 is 2.57 bits per heavy atom. The quantitative estimate of drug-likeness (QED) is 0.168. The monoisotopic (exact) mass is 483 g/mol. The Hall–Kier alpha value is -4.34. The smallest absolute Gasteiger partial charge is 0.348 e. The normalized spacial score (nSPS) is 11.1. The molecule has 3 aromatic carbocycles. The molecule has 0 amide bonds. The minimum Gasteiger partial charge on any atom is -0.489 e. The largest absolute Gasteiger partial charge is 0.489 e. The van der Waals surface area contributed by atoms with E-state index in [-0.39, 0.29) is 12.2 Å². The molecule has 0 aliphatic carbocycles. The first-order valence-electron chi connectivity index (χ1n) is 11.0. The van der Waals surface area contributed by atoms with E-state index in [0.29, 0.717) is 28.6 Å². The van der Waals surface area contributed by atoms with Gasteiger partial charge in [-0.2, -0.15) is 10.4 Å². The summed E-state index contributed by atoms with van der Waals surface area (Å²) in [7, 11) is 0. The first kappa shape index (κ1) is 23.8. The molecule has 0 unspecified atom stereocenters. The van der Waals surface area contributed by atoms with E-state index >= 15 is 0 Å². The fourth-order valence-corrected chi connectivity index (χ4v) is 3.54. The van der Waals surface area contributed by atoms with E-state index in [2.05, 4.69) is 0 Å². The third kappa shape index (κ3) is 5.97. The zero-order valence-electron chi connectivity index (χ0n) is 19.0. The van der Waals surface area contributed by atoms with Crippen LogP contribution < -0.4 is 4.74 Å². The van der Waals surface area contributed by atoms with Crippen molar-refractivity contribution in [1.82, 2.24) is 9.78 Å². The van der Waals surface area contributed by atoms with Gasteiger partial charge >= 0.3 is 5.97 Å². The zero-order valence-corrected chi connectivity index (χ0v) is 19.8. The second-order valence-electron chi connectivity index (χ2n) is 7.55. The highest BCUT2D eigenvalue weighted by molar-refractivity contribution is 6.30. The lowest BCUT2D eigenvalue weighted by molar-refractivity contribution is -0.137. The van der Waals surface area contributed by atoms with Crippen LogP contribution in [-0.2, 0) is 16.1 Å². The van der Waals surface area contributed by atoms with Crippen molar-refractivity contribution in [2.24, 2.45) is 0 Å².